The Labute approximate surface area is 102 Å². The predicted molar refractivity (Wildman–Crippen MR) is 64.0 cm³/mol. The van der Waals surface area contributed by atoms with Crippen LogP contribution in [-0.4, -0.2) is 29.5 Å². The van der Waals surface area contributed by atoms with Crippen LogP contribution in [0.5, 0.6) is 0 Å². The summed E-state index contributed by atoms with van der Waals surface area (Å²) in [7, 11) is 0. The second-order valence-corrected chi connectivity index (χ2v) is 4.49. The molecule has 0 unspecified atom stereocenters. The van der Waals surface area contributed by atoms with Gasteiger partial charge in [0.05, 0.1) is 12.7 Å². The molecular formula is C10H13BrClNO2. The number of aliphatic hydroxyl groups is 2. The van der Waals surface area contributed by atoms with Crippen LogP contribution >= 0.6 is 27.5 Å². The SMILES string of the molecule is OC[C@H](O)CNCc1cc(Cl)ccc1Br. The van der Waals surface area contributed by atoms with Gasteiger partial charge in [0.25, 0.3) is 0 Å². The van der Waals surface area contributed by atoms with E-state index in [2.05, 4.69) is 21.2 Å². The summed E-state index contributed by atoms with van der Waals surface area (Å²) in [6.45, 7) is 0.720. The van der Waals surface area contributed by atoms with E-state index in [4.69, 9.17) is 21.8 Å². The fraction of sp³-hybridized carbons (Fsp3) is 0.400. The molecule has 0 aromatic heterocycles. The summed E-state index contributed by atoms with van der Waals surface area (Å²) < 4.78 is 0.970. The largest absolute Gasteiger partial charge is 0.394 e. The number of hydrogen-bond donors (Lipinski definition) is 3. The van der Waals surface area contributed by atoms with Crippen molar-refractivity contribution < 1.29 is 10.2 Å². The van der Waals surface area contributed by atoms with Crippen LogP contribution in [0, 0.1) is 0 Å². The molecular weight excluding hydrogens is 281 g/mol. The Bertz CT molecular complexity index is 322. The fourth-order valence-electron chi connectivity index (χ4n) is 1.12. The lowest BCUT2D eigenvalue weighted by Gasteiger charge is -2.10. The predicted octanol–water partition coefficient (Wildman–Crippen LogP) is 1.55. The highest BCUT2D eigenvalue weighted by Gasteiger charge is 2.03. The first-order valence-corrected chi connectivity index (χ1v) is 5.74. The average Bonchev–Trinajstić information content (AvgIpc) is 2.23. The minimum absolute atomic E-state index is 0.232. The van der Waals surface area contributed by atoms with E-state index in [1.165, 1.54) is 0 Å². The number of halogens is 2. The highest BCUT2D eigenvalue weighted by atomic mass is 79.9. The molecule has 3 N–H and O–H groups in total. The standard InChI is InChI=1S/C10H13BrClNO2/c11-10-2-1-8(12)3-7(10)4-13-5-9(15)6-14/h1-3,9,13-15H,4-6H2/t9-/m1/s1. The molecule has 0 amide bonds. The molecule has 0 bridgehead atoms. The van der Waals surface area contributed by atoms with Crippen LogP contribution in [0.4, 0.5) is 0 Å². The number of aliphatic hydroxyl groups excluding tert-OH is 2. The Morgan fingerprint density at radius 1 is 1.47 bits per heavy atom. The summed E-state index contributed by atoms with van der Waals surface area (Å²) in [6.07, 6.45) is -0.719. The van der Waals surface area contributed by atoms with Gasteiger partial charge in [-0.05, 0) is 23.8 Å². The van der Waals surface area contributed by atoms with Crippen LogP contribution in [0.3, 0.4) is 0 Å². The van der Waals surface area contributed by atoms with E-state index >= 15 is 0 Å². The Balaban J connectivity index is 2.46. The molecule has 0 heterocycles. The molecule has 1 aromatic rings. The van der Waals surface area contributed by atoms with Gasteiger partial charge in [-0.1, -0.05) is 27.5 Å². The topological polar surface area (TPSA) is 52.5 Å². The summed E-state index contributed by atoms with van der Waals surface area (Å²) in [5.74, 6) is 0. The zero-order chi connectivity index (χ0) is 11.3. The number of rotatable bonds is 5. The van der Waals surface area contributed by atoms with E-state index in [1.54, 1.807) is 6.07 Å². The van der Waals surface area contributed by atoms with Crippen molar-refractivity contribution in [1.82, 2.24) is 5.32 Å². The third-order valence-corrected chi connectivity index (χ3v) is 2.92. The maximum absolute atomic E-state index is 9.11. The minimum Gasteiger partial charge on any atom is -0.394 e. The lowest BCUT2D eigenvalue weighted by molar-refractivity contribution is 0.0942. The lowest BCUT2D eigenvalue weighted by atomic mass is 10.2. The number of nitrogens with one attached hydrogen (secondary N) is 1. The van der Waals surface area contributed by atoms with E-state index in [-0.39, 0.29) is 6.61 Å². The van der Waals surface area contributed by atoms with E-state index in [9.17, 15) is 0 Å². The minimum atomic E-state index is -0.719. The van der Waals surface area contributed by atoms with Crippen molar-refractivity contribution in [1.29, 1.82) is 0 Å². The van der Waals surface area contributed by atoms with Crippen molar-refractivity contribution in [3.8, 4) is 0 Å². The molecule has 1 atom stereocenters. The zero-order valence-corrected chi connectivity index (χ0v) is 10.4. The van der Waals surface area contributed by atoms with Gasteiger partial charge in [0.15, 0.2) is 0 Å². The molecule has 0 fully saturated rings. The monoisotopic (exact) mass is 293 g/mol. The molecule has 1 rings (SSSR count). The van der Waals surface area contributed by atoms with Crippen LogP contribution in [0.2, 0.25) is 5.02 Å². The lowest BCUT2D eigenvalue weighted by Crippen LogP contribution is -2.29. The third kappa shape index (κ3) is 4.49. The molecule has 0 saturated heterocycles. The summed E-state index contributed by atoms with van der Waals surface area (Å²) in [4.78, 5) is 0. The van der Waals surface area contributed by atoms with Gasteiger partial charge in [-0.25, -0.2) is 0 Å². The molecule has 15 heavy (non-hydrogen) atoms. The number of benzene rings is 1. The summed E-state index contributed by atoms with van der Waals surface area (Å²) in [5, 5.41) is 21.4. The third-order valence-electron chi connectivity index (χ3n) is 1.91. The molecule has 5 heteroatoms. The van der Waals surface area contributed by atoms with Crippen molar-refractivity contribution in [3.63, 3.8) is 0 Å². The Morgan fingerprint density at radius 2 is 2.20 bits per heavy atom. The van der Waals surface area contributed by atoms with E-state index in [0.29, 0.717) is 18.1 Å². The maximum atomic E-state index is 9.11. The van der Waals surface area contributed by atoms with Crippen LogP contribution in [0.1, 0.15) is 5.56 Å². The first-order valence-electron chi connectivity index (χ1n) is 4.57. The molecule has 1 aromatic carbocycles. The highest BCUT2D eigenvalue weighted by molar-refractivity contribution is 9.10. The maximum Gasteiger partial charge on any atom is 0.0895 e. The molecule has 0 aliphatic heterocycles. The molecule has 3 nitrogen and oxygen atoms in total. The van der Waals surface area contributed by atoms with Crippen molar-refractivity contribution in [3.05, 3.63) is 33.3 Å². The van der Waals surface area contributed by atoms with Crippen LogP contribution in [0.25, 0.3) is 0 Å². The van der Waals surface area contributed by atoms with Crippen LogP contribution in [-0.2, 0) is 6.54 Å². The quantitative estimate of drug-likeness (QED) is 0.772. The van der Waals surface area contributed by atoms with Gasteiger partial charge in [0, 0.05) is 22.6 Å². The molecule has 0 saturated carbocycles. The van der Waals surface area contributed by atoms with E-state index in [1.807, 2.05) is 12.1 Å². The van der Waals surface area contributed by atoms with Crippen molar-refractivity contribution in [2.75, 3.05) is 13.2 Å². The van der Waals surface area contributed by atoms with Gasteiger partial charge in [-0.2, -0.15) is 0 Å². The second-order valence-electron chi connectivity index (χ2n) is 3.20. The first kappa shape index (κ1) is 12.9. The molecule has 0 aliphatic rings. The van der Waals surface area contributed by atoms with Gasteiger partial charge < -0.3 is 15.5 Å². The normalized spacial score (nSPS) is 12.8. The van der Waals surface area contributed by atoms with Crippen LogP contribution in [0.15, 0.2) is 22.7 Å². The van der Waals surface area contributed by atoms with E-state index < -0.39 is 6.10 Å². The van der Waals surface area contributed by atoms with Gasteiger partial charge in [0.1, 0.15) is 0 Å². The average molecular weight is 295 g/mol. The first-order chi connectivity index (χ1) is 7.13. The summed E-state index contributed by atoms with van der Waals surface area (Å²) >= 11 is 9.25. The van der Waals surface area contributed by atoms with Crippen LogP contribution < -0.4 is 5.32 Å². The van der Waals surface area contributed by atoms with Crippen molar-refractivity contribution >= 4 is 27.5 Å². The summed E-state index contributed by atoms with van der Waals surface area (Å²) in [5.41, 5.74) is 1.02. The molecule has 0 spiro atoms. The Hall–Kier alpha value is -0.130. The van der Waals surface area contributed by atoms with Crippen molar-refractivity contribution in [2.45, 2.75) is 12.6 Å². The Morgan fingerprint density at radius 3 is 2.87 bits per heavy atom. The molecule has 84 valence electrons. The second kappa shape index (κ2) is 6.45. The zero-order valence-electron chi connectivity index (χ0n) is 8.08. The Kier molecular flexibility index (Phi) is 5.56. The van der Waals surface area contributed by atoms with Gasteiger partial charge in [0.2, 0.25) is 0 Å². The molecule has 0 aliphatic carbocycles. The fourth-order valence-corrected chi connectivity index (χ4v) is 1.70. The number of hydrogen-bond acceptors (Lipinski definition) is 3. The van der Waals surface area contributed by atoms with Gasteiger partial charge in [-0.3, -0.25) is 0 Å². The highest BCUT2D eigenvalue weighted by Crippen LogP contribution is 2.20. The van der Waals surface area contributed by atoms with E-state index in [0.717, 1.165) is 10.0 Å². The van der Waals surface area contributed by atoms with Gasteiger partial charge in [-0.15, -0.1) is 0 Å². The van der Waals surface area contributed by atoms with Gasteiger partial charge >= 0.3 is 0 Å². The smallest absolute Gasteiger partial charge is 0.0895 e. The molecule has 0 radical (unpaired) electrons. The summed E-state index contributed by atoms with van der Waals surface area (Å²) in [6, 6.07) is 5.53. The van der Waals surface area contributed by atoms with Crippen molar-refractivity contribution in [2.24, 2.45) is 0 Å².